The van der Waals surface area contributed by atoms with Gasteiger partial charge in [0.1, 0.15) is 12.4 Å². The SMILES string of the molecule is COc1cc(OC)c(F)c(COc2cnc(Nc3ccc(OCC(=O)O)c(C)c3)nc2)c1F. The number of ether oxygens (including phenoxy) is 4. The number of rotatable bonds is 10. The van der Waals surface area contributed by atoms with Crippen molar-refractivity contribution in [2.75, 3.05) is 26.1 Å². The van der Waals surface area contributed by atoms with Crippen LogP contribution in [0.1, 0.15) is 11.1 Å². The van der Waals surface area contributed by atoms with Gasteiger partial charge in [-0.3, -0.25) is 0 Å². The molecule has 0 bridgehead atoms. The Bertz CT molecular complexity index is 1110. The Balaban J connectivity index is 1.66. The van der Waals surface area contributed by atoms with Crippen molar-refractivity contribution < 1.29 is 37.6 Å². The van der Waals surface area contributed by atoms with Crippen LogP contribution in [0.5, 0.6) is 23.0 Å². The molecule has 9 nitrogen and oxygen atoms in total. The number of methoxy groups -OCH3 is 2. The standard InChI is InChI=1S/C22H21F2N3O6/c1-12-6-13(4-5-16(12)33-11-19(28)29)27-22-25-8-14(9-26-22)32-10-15-20(23)17(30-2)7-18(31-3)21(15)24/h4-9H,10-11H2,1-3H3,(H,28,29)(H,25,26,27). The fourth-order valence-corrected chi connectivity index (χ4v) is 2.83. The summed E-state index contributed by atoms with van der Waals surface area (Å²) in [6, 6.07) is 6.17. The van der Waals surface area contributed by atoms with E-state index in [4.69, 9.17) is 24.1 Å². The largest absolute Gasteiger partial charge is 0.494 e. The van der Waals surface area contributed by atoms with Crippen LogP contribution in [0.25, 0.3) is 0 Å². The van der Waals surface area contributed by atoms with E-state index in [1.165, 1.54) is 26.6 Å². The molecule has 2 N–H and O–H groups in total. The Labute approximate surface area is 187 Å². The van der Waals surface area contributed by atoms with Gasteiger partial charge in [-0.15, -0.1) is 0 Å². The van der Waals surface area contributed by atoms with Gasteiger partial charge >= 0.3 is 5.97 Å². The van der Waals surface area contributed by atoms with Crippen LogP contribution >= 0.6 is 0 Å². The zero-order valence-electron chi connectivity index (χ0n) is 18.0. The maximum Gasteiger partial charge on any atom is 0.341 e. The summed E-state index contributed by atoms with van der Waals surface area (Å²) in [5.41, 5.74) is 1.02. The Hall–Kier alpha value is -4.15. The molecule has 1 heterocycles. The summed E-state index contributed by atoms with van der Waals surface area (Å²) < 4.78 is 49.3. The van der Waals surface area contributed by atoms with Crippen molar-refractivity contribution in [2.24, 2.45) is 0 Å². The average Bonchev–Trinajstić information content (AvgIpc) is 2.79. The second kappa shape index (κ2) is 10.4. The monoisotopic (exact) mass is 461 g/mol. The van der Waals surface area contributed by atoms with E-state index in [9.17, 15) is 13.6 Å². The van der Waals surface area contributed by atoms with Crippen LogP contribution in [0.3, 0.4) is 0 Å². The van der Waals surface area contributed by atoms with E-state index in [0.29, 0.717) is 11.4 Å². The van der Waals surface area contributed by atoms with Gasteiger partial charge in [0.2, 0.25) is 5.95 Å². The third-order valence-electron chi connectivity index (χ3n) is 4.46. The number of anilines is 2. The van der Waals surface area contributed by atoms with Crippen LogP contribution in [-0.2, 0) is 11.4 Å². The molecule has 0 saturated carbocycles. The van der Waals surface area contributed by atoms with Crippen LogP contribution in [0.15, 0.2) is 36.7 Å². The highest BCUT2D eigenvalue weighted by molar-refractivity contribution is 5.68. The van der Waals surface area contributed by atoms with E-state index in [1.807, 2.05) is 0 Å². The molecule has 0 aliphatic carbocycles. The van der Waals surface area contributed by atoms with Crippen molar-refractivity contribution in [2.45, 2.75) is 13.5 Å². The Morgan fingerprint density at radius 2 is 1.64 bits per heavy atom. The first-order chi connectivity index (χ1) is 15.8. The number of hydrogen-bond donors (Lipinski definition) is 2. The molecular formula is C22H21F2N3O6. The number of aromatic nitrogens is 2. The number of carboxylic acid groups (broad SMARTS) is 1. The molecular weight excluding hydrogens is 440 g/mol. The van der Waals surface area contributed by atoms with Gasteiger partial charge in [0.05, 0.1) is 32.2 Å². The van der Waals surface area contributed by atoms with E-state index in [2.05, 4.69) is 15.3 Å². The number of aliphatic carboxylic acids is 1. The highest BCUT2D eigenvalue weighted by Crippen LogP contribution is 2.32. The van der Waals surface area contributed by atoms with Crippen molar-refractivity contribution in [3.8, 4) is 23.0 Å². The van der Waals surface area contributed by atoms with Gasteiger partial charge in [-0.1, -0.05) is 0 Å². The lowest BCUT2D eigenvalue weighted by Gasteiger charge is -2.13. The normalized spacial score (nSPS) is 10.5. The number of carbonyl (C=O) groups is 1. The summed E-state index contributed by atoms with van der Waals surface area (Å²) in [5, 5.41) is 11.7. The molecule has 0 saturated heterocycles. The minimum Gasteiger partial charge on any atom is -0.494 e. The Kier molecular flexibility index (Phi) is 7.44. The highest BCUT2D eigenvalue weighted by atomic mass is 19.1. The highest BCUT2D eigenvalue weighted by Gasteiger charge is 2.20. The predicted molar refractivity (Wildman–Crippen MR) is 113 cm³/mol. The first-order valence-electron chi connectivity index (χ1n) is 9.58. The molecule has 0 fully saturated rings. The van der Waals surface area contributed by atoms with E-state index >= 15 is 0 Å². The predicted octanol–water partition coefficient (Wildman–Crippen LogP) is 3.87. The molecule has 0 amide bonds. The quantitative estimate of drug-likeness (QED) is 0.465. The molecule has 0 spiro atoms. The van der Waals surface area contributed by atoms with Gasteiger partial charge < -0.3 is 29.4 Å². The molecule has 0 unspecified atom stereocenters. The Morgan fingerprint density at radius 3 is 2.18 bits per heavy atom. The maximum absolute atomic E-state index is 14.4. The number of halogens is 2. The number of nitrogens with one attached hydrogen (secondary N) is 1. The molecule has 1 aromatic heterocycles. The third kappa shape index (κ3) is 5.76. The summed E-state index contributed by atoms with van der Waals surface area (Å²) >= 11 is 0. The first kappa shape index (κ1) is 23.5. The van der Waals surface area contributed by atoms with E-state index < -0.39 is 30.8 Å². The van der Waals surface area contributed by atoms with Crippen molar-refractivity contribution in [1.82, 2.24) is 9.97 Å². The van der Waals surface area contributed by atoms with Crippen molar-refractivity contribution in [3.05, 3.63) is 59.4 Å². The van der Waals surface area contributed by atoms with Gasteiger partial charge in [-0.05, 0) is 30.7 Å². The zero-order chi connectivity index (χ0) is 24.0. The number of carboxylic acids is 1. The van der Waals surface area contributed by atoms with Gasteiger partial charge in [-0.2, -0.15) is 0 Å². The lowest BCUT2D eigenvalue weighted by atomic mass is 10.1. The fourth-order valence-electron chi connectivity index (χ4n) is 2.83. The smallest absolute Gasteiger partial charge is 0.341 e. The summed E-state index contributed by atoms with van der Waals surface area (Å²) in [6.07, 6.45) is 2.69. The van der Waals surface area contributed by atoms with Crippen LogP contribution in [0.2, 0.25) is 0 Å². The first-order valence-corrected chi connectivity index (χ1v) is 9.58. The molecule has 0 atom stereocenters. The molecule has 0 radical (unpaired) electrons. The number of hydrogen-bond acceptors (Lipinski definition) is 8. The molecule has 3 aromatic rings. The minimum absolute atomic E-state index is 0.169. The molecule has 2 aromatic carbocycles. The van der Waals surface area contributed by atoms with Crippen molar-refractivity contribution in [1.29, 1.82) is 0 Å². The lowest BCUT2D eigenvalue weighted by molar-refractivity contribution is -0.139. The summed E-state index contributed by atoms with van der Waals surface area (Å²) in [6.45, 7) is 0.902. The van der Waals surface area contributed by atoms with Crippen LogP contribution in [-0.4, -0.2) is 41.9 Å². The van der Waals surface area contributed by atoms with Crippen LogP contribution < -0.4 is 24.3 Å². The summed E-state index contributed by atoms with van der Waals surface area (Å²) in [4.78, 5) is 18.9. The molecule has 33 heavy (non-hydrogen) atoms. The molecule has 0 aliphatic rings. The van der Waals surface area contributed by atoms with Crippen molar-refractivity contribution in [3.63, 3.8) is 0 Å². The van der Waals surface area contributed by atoms with Crippen molar-refractivity contribution >= 4 is 17.6 Å². The van der Waals surface area contributed by atoms with Crippen LogP contribution in [0.4, 0.5) is 20.4 Å². The maximum atomic E-state index is 14.4. The van der Waals surface area contributed by atoms with Gasteiger partial charge in [0.25, 0.3) is 0 Å². The number of aryl methyl sites for hydroxylation is 1. The molecule has 0 aliphatic heterocycles. The van der Waals surface area contributed by atoms with E-state index in [-0.39, 0.29) is 28.8 Å². The molecule has 3 rings (SSSR count). The van der Waals surface area contributed by atoms with Gasteiger partial charge in [-0.25, -0.2) is 23.5 Å². The molecule has 174 valence electrons. The second-order valence-corrected chi connectivity index (χ2v) is 6.71. The third-order valence-corrected chi connectivity index (χ3v) is 4.46. The van der Waals surface area contributed by atoms with Gasteiger partial charge in [0.15, 0.2) is 35.5 Å². The number of nitrogens with zero attached hydrogens (tertiary/aromatic N) is 2. The topological polar surface area (TPSA) is 112 Å². The van der Waals surface area contributed by atoms with Crippen LogP contribution in [0, 0.1) is 18.6 Å². The fraction of sp³-hybridized carbons (Fsp3) is 0.227. The second-order valence-electron chi connectivity index (χ2n) is 6.71. The Morgan fingerprint density at radius 1 is 1.00 bits per heavy atom. The van der Waals surface area contributed by atoms with E-state index in [0.717, 1.165) is 11.6 Å². The van der Waals surface area contributed by atoms with E-state index in [1.54, 1.807) is 25.1 Å². The molecule has 11 heteroatoms. The lowest BCUT2D eigenvalue weighted by Crippen LogP contribution is -2.10. The minimum atomic E-state index is -1.07. The zero-order valence-corrected chi connectivity index (χ0v) is 18.0. The number of benzene rings is 2. The summed E-state index contributed by atoms with van der Waals surface area (Å²) in [7, 11) is 2.52. The van der Waals surface area contributed by atoms with Gasteiger partial charge in [0, 0.05) is 11.8 Å². The average molecular weight is 461 g/mol. The summed E-state index contributed by atoms with van der Waals surface area (Å²) in [5.74, 6) is -2.29.